The average molecular weight is 478 g/mol. The second-order valence-electron chi connectivity index (χ2n) is 5.34. The van der Waals surface area contributed by atoms with Gasteiger partial charge >= 0.3 is 13.8 Å². The lowest BCUT2D eigenvalue weighted by molar-refractivity contribution is -0.137. The molecule has 2 rings (SSSR count). The maximum atomic E-state index is 13.0. The molecule has 154 valence electrons. The highest BCUT2D eigenvalue weighted by molar-refractivity contribution is 7.92. The molecule has 0 saturated heterocycles. The summed E-state index contributed by atoms with van der Waals surface area (Å²) in [6.07, 6.45) is -4.88. The molecule has 0 aromatic heterocycles. The highest BCUT2D eigenvalue weighted by Crippen LogP contribution is 2.44. The molecule has 1 atom stereocenters. The molecule has 0 fully saturated rings. The molecule has 13 heteroatoms. The van der Waals surface area contributed by atoms with Gasteiger partial charge in [0.05, 0.1) is 33.1 Å². The van der Waals surface area contributed by atoms with E-state index in [4.69, 9.17) is 27.7 Å². The third kappa shape index (κ3) is 5.20. The van der Waals surface area contributed by atoms with Crippen LogP contribution >= 0.6 is 30.8 Å². The summed E-state index contributed by atoms with van der Waals surface area (Å²) in [4.78, 5) is 9.25. The summed E-state index contributed by atoms with van der Waals surface area (Å²) in [7, 11) is -8.99. The van der Waals surface area contributed by atoms with Crippen LogP contribution in [0.3, 0.4) is 0 Å². The number of hydrogen-bond donors (Lipinski definition) is 2. The maximum absolute atomic E-state index is 13.0. The molecule has 28 heavy (non-hydrogen) atoms. The van der Waals surface area contributed by atoms with E-state index in [1.54, 1.807) is 0 Å². The van der Waals surface area contributed by atoms with Gasteiger partial charge in [0.2, 0.25) is 0 Å². The molecular weight excluding hydrogens is 465 g/mol. The van der Waals surface area contributed by atoms with Crippen LogP contribution in [-0.4, -0.2) is 19.9 Å². The Morgan fingerprint density at radius 3 is 2.39 bits per heavy atom. The number of rotatable bonds is 6. The molecule has 2 aromatic carbocycles. The number of nitrogens with one attached hydrogen (secondary N) is 1. The Bertz CT molecular complexity index is 1050. The summed E-state index contributed by atoms with van der Waals surface area (Å²) in [5.74, 6) is 0. The molecule has 0 saturated carbocycles. The fraction of sp³-hybridized carbons (Fsp3) is 0.200. The lowest BCUT2D eigenvalue weighted by Gasteiger charge is -2.17. The molecule has 0 bridgehead atoms. The van der Waals surface area contributed by atoms with Crippen LogP contribution in [0, 0.1) is 0 Å². The van der Waals surface area contributed by atoms with Crippen molar-refractivity contribution in [3.8, 4) is 0 Å². The molecule has 0 amide bonds. The van der Waals surface area contributed by atoms with Crippen LogP contribution in [0.4, 0.5) is 18.9 Å². The van der Waals surface area contributed by atoms with Gasteiger partial charge in [-0.2, -0.15) is 13.2 Å². The summed E-state index contributed by atoms with van der Waals surface area (Å²) in [6.45, 7) is 1.31. The number of hydrogen-bond acceptors (Lipinski definition) is 4. The summed E-state index contributed by atoms with van der Waals surface area (Å²) >= 11 is 11.3. The molecule has 0 spiro atoms. The van der Waals surface area contributed by atoms with Gasteiger partial charge in [0.25, 0.3) is 10.0 Å². The molecule has 0 aliphatic heterocycles. The minimum Gasteiger partial charge on any atom is -0.321 e. The predicted octanol–water partition coefficient (Wildman–Crippen LogP) is 4.66. The first-order chi connectivity index (χ1) is 12.8. The molecule has 2 N–H and O–H groups in total. The summed E-state index contributed by atoms with van der Waals surface area (Å²) < 4.78 is 83.1. The second-order valence-corrected chi connectivity index (χ2v) is 9.65. The van der Waals surface area contributed by atoms with Gasteiger partial charge in [-0.3, -0.25) is 9.29 Å². The lowest BCUT2D eigenvalue weighted by Crippen LogP contribution is -2.20. The van der Waals surface area contributed by atoms with E-state index >= 15 is 0 Å². The lowest BCUT2D eigenvalue weighted by atomic mass is 10.2. The molecule has 0 heterocycles. The van der Waals surface area contributed by atoms with Gasteiger partial charge in [0, 0.05) is 5.02 Å². The third-order valence-corrected chi connectivity index (χ3v) is 6.90. The number of halogens is 5. The maximum Gasteiger partial charge on any atom is 0.417 e. The minimum absolute atomic E-state index is 0.0186. The smallest absolute Gasteiger partial charge is 0.321 e. The summed E-state index contributed by atoms with van der Waals surface area (Å²) in [6, 6.07) is 5.37. The zero-order valence-corrected chi connectivity index (χ0v) is 17.2. The Morgan fingerprint density at radius 2 is 1.82 bits per heavy atom. The molecule has 2 aromatic rings. The first-order valence-corrected chi connectivity index (χ1v) is 11.3. The van der Waals surface area contributed by atoms with E-state index in [2.05, 4.69) is 0 Å². The molecule has 0 radical (unpaired) electrons. The zero-order valence-electron chi connectivity index (χ0n) is 14.0. The van der Waals surface area contributed by atoms with Gasteiger partial charge in [-0.05, 0) is 43.3 Å². The minimum atomic E-state index is -4.88. The highest BCUT2D eigenvalue weighted by atomic mass is 35.5. The van der Waals surface area contributed by atoms with E-state index < -0.39 is 50.3 Å². The molecule has 1 unspecified atom stereocenters. The van der Waals surface area contributed by atoms with Crippen LogP contribution in [0.15, 0.2) is 41.3 Å². The quantitative estimate of drug-likeness (QED) is 0.590. The topological polar surface area (TPSA) is 92.7 Å². The van der Waals surface area contributed by atoms with Crippen molar-refractivity contribution < 1.29 is 35.6 Å². The van der Waals surface area contributed by atoms with Crippen molar-refractivity contribution in [2.45, 2.75) is 18.0 Å². The van der Waals surface area contributed by atoms with Crippen molar-refractivity contribution in [3.05, 3.63) is 52.0 Å². The van der Waals surface area contributed by atoms with Crippen LogP contribution < -0.4 is 10.0 Å². The fourth-order valence-corrected chi connectivity index (χ4v) is 4.92. The van der Waals surface area contributed by atoms with Gasteiger partial charge in [0.1, 0.15) is 0 Å². The zero-order chi connectivity index (χ0) is 21.3. The van der Waals surface area contributed by atoms with Crippen LogP contribution in [0.25, 0.3) is 0 Å². The van der Waals surface area contributed by atoms with Crippen LogP contribution in [0.1, 0.15) is 12.5 Å². The van der Waals surface area contributed by atoms with Crippen molar-refractivity contribution in [1.82, 2.24) is 0 Å². The van der Waals surface area contributed by atoms with E-state index in [0.717, 1.165) is 24.3 Å². The van der Waals surface area contributed by atoms with Crippen molar-refractivity contribution in [1.29, 1.82) is 0 Å². The fourth-order valence-electron chi connectivity index (χ4n) is 2.17. The second kappa shape index (κ2) is 8.22. The first-order valence-electron chi connectivity index (χ1n) is 7.45. The number of sulfonamides is 1. The van der Waals surface area contributed by atoms with Crippen LogP contribution in [0.2, 0.25) is 10.0 Å². The van der Waals surface area contributed by atoms with Crippen LogP contribution in [0.5, 0.6) is 0 Å². The summed E-state index contributed by atoms with van der Waals surface area (Å²) in [5.41, 5.74) is -1.75. The van der Waals surface area contributed by atoms with Gasteiger partial charge in [-0.1, -0.05) is 23.2 Å². The van der Waals surface area contributed by atoms with Gasteiger partial charge < -0.3 is 9.42 Å². The van der Waals surface area contributed by atoms with E-state index in [1.807, 2.05) is 4.72 Å². The van der Waals surface area contributed by atoms with Crippen molar-refractivity contribution >= 4 is 51.8 Å². The van der Waals surface area contributed by atoms with E-state index in [9.17, 15) is 31.0 Å². The Labute approximate surface area is 168 Å². The Morgan fingerprint density at radius 1 is 1.18 bits per heavy atom. The van der Waals surface area contributed by atoms with E-state index in [0.29, 0.717) is 6.07 Å². The molecular formula is C15H13Cl2F3NO5PS. The molecule has 0 aliphatic rings. The molecule has 0 aliphatic carbocycles. The number of alkyl halides is 3. The number of benzene rings is 2. The highest BCUT2D eigenvalue weighted by Gasteiger charge is 2.35. The number of anilines is 1. The predicted molar refractivity (Wildman–Crippen MR) is 99.8 cm³/mol. The average Bonchev–Trinajstić information content (AvgIpc) is 2.53. The van der Waals surface area contributed by atoms with Gasteiger partial charge in [0.15, 0.2) is 0 Å². The van der Waals surface area contributed by atoms with Gasteiger partial charge in [-0.15, -0.1) is 0 Å². The third-order valence-electron chi connectivity index (χ3n) is 3.36. The monoisotopic (exact) mass is 477 g/mol. The van der Waals surface area contributed by atoms with E-state index in [1.165, 1.54) is 13.0 Å². The Kier molecular flexibility index (Phi) is 6.75. The SMILES string of the molecule is CCOP(=O)(O)c1ccc(Cl)cc1NS(=O)(=O)c1ccc(Cl)c(C(F)(F)F)c1. The normalized spacial score (nSPS) is 14.5. The Hall–Kier alpha value is -1.29. The standard InChI is InChI=1S/C15H13Cl2F3NO5PS/c1-2-26-27(22,23)14-6-3-9(16)7-13(14)21-28(24,25)10-4-5-12(17)11(8-10)15(18,19)20/h3-8,21H,2H2,1H3,(H,22,23). The molecule has 6 nitrogen and oxygen atoms in total. The van der Waals surface area contributed by atoms with E-state index in [-0.39, 0.29) is 11.6 Å². The van der Waals surface area contributed by atoms with Crippen LogP contribution in [-0.2, 0) is 25.3 Å². The Balaban J connectivity index is 2.54. The first kappa shape index (κ1) is 23.0. The van der Waals surface area contributed by atoms with Gasteiger partial charge in [-0.25, -0.2) is 8.42 Å². The van der Waals surface area contributed by atoms with Crippen molar-refractivity contribution in [2.75, 3.05) is 11.3 Å². The summed E-state index contributed by atoms with van der Waals surface area (Å²) in [5, 5.41) is -1.07. The van der Waals surface area contributed by atoms with Crippen molar-refractivity contribution in [3.63, 3.8) is 0 Å². The largest absolute Gasteiger partial charge is 0.417 e. The van der Waals surface area contributed by atoms with Crippen molar-refractivity contribution in [2.24, 2.45) is 0 Å².